The monoisotopic (exact) mass is 328 g/mol. The molecular weight excluding hydrogens is 304 g/mol. The summed E-state index contributed by atoms with van der Waals surface area (Å²) in [6.45, 7) is 2.21. The van der Waals surface area contributed by atoms with Crippen LogP contribution in [-0.4, -0.2) is 53.4 Å². The summed E-state index contributed by atoms with van der Waals surface area (Å²) < 4.78 is 32.6. The average molecular weight is 328 g/mol. The quantitative estimate of drug-likeness (QED) is 0.882. The van der Waals surface area contributed by atoms with Crippen LogP contribution in [0.15, 0.2) is 0 Å². The maximum Gasteiger partial charge on any atom is 0.215 e. The van der Waals surface area contributed by atoms with Gasteiger partial charge in [-0.05, 0) is 32.1 Å². The van der Waals surface area contributed by atoms with Crippen LogP contribution in [0.1, 0.15) is 49.8 Å². The Labute approximate surface area is 131 Å². The van der Waals surface area contributed by atoms with E-state index < -0.39 is 10.0 Å². The lowest BCUT2D eigenvalue weighted by Crippen LogP contribution is -2.36. The molecule has 2 heterocycles. The summed E-state index contributed by atoms with van der Waals surface area (Å²) in [6, 6.07) is -0.318. The molecule has 2 atom stereocenters. The zero-order chi connectivity index (χ0) is 15.7. The molecule has 1 saturated carbocycles. The molecule has 1 aliphatic heterocycles. The van der Waals surface area contributed by atoms with Crippen LogP contribution in [-0.2, 0) is 14.8 Å². The van der Waals surface area contributed by atoms with E-state index in [0.29, 0.717) is 30.5 Å². The van der Waals surface area contributed by atoms with E-state index in [-0.39, 0.29) is 17.9 Å². The van der Waals surface area contributed by atoms with Gasteiger partial charge in [-0.15, -0.1) is 0 Å². The van der Waals surface area contributed by atoms with Crippen molar-refractivity contribution in [3.8, 4) is 0 Å². The second-order valence-electron chi connectivity index (χ2n) is 6.39. The highest BCUT2D eigenvalue weighted by Crippen LogP contribution is 2.36. The third-order valence-corrected chi connectivity index (χ3v) is 6.75. The number of hydrogen-bond acceptors (Lipinski definition) is 5. The van der Waals surface area contributed by atoms with E-state index in [2.05, 4.69) is 15.2 Å². The summed E-state index contributed by atoms with van der Waals surface area (Å²) in [7, 11) is -1.69. The zero-order valence-electron chi connectivity index (χ0n) is 13.2. The normalized spacial score (nSPS) is 27.7. The summed E-state index contributed by atoms with van der Waals surface area (Å²) in [5.41, 5.74) is 0. The molecule has 0 amide bonds. The van der Waals surface area contributed by atoms with Gasteiger partial charge in [0.1, 0.15) is 5.82 Å². The molecule has 0 aromatic carbocycles. The predicted octanol–water partition coefficient (Wildman–Crippen LogP) is 1.39. The minimum Gasteiger partial charge on any atom is -0.380 e. The highest BCUT2D eigenvalue weighted by Gasteiger charge is 2.43. The Balaban J connectivity index is 1.81. The first-order valence-electron chi connectivity index (χ1n) is 7.91. The van der Waals surface area contributed by atoms with E-state index in [4.69, 9.17) is 4.74 Å². The number of aromatic nitrogens is 3. The van der Waals surface area contributed by atoms with E-state index in [9.17, 15) is 8.42 Å². The fraction of sp³-hybridized carbons (Fsp3) is 0.857. The third kappa shape index (κ3) is 3.18. The summed E-state index contributed by atoms with van der Waals surface area (Å²) in [4.78, 5) is 4.33. The van der Waals surface area contributed by atoms with Gasteiger partial charge in [-0.25, -0.2) is 13.4 Å². The molecule has 1 N–H and O–H groups in total. The van der Waals surface area contributed by atoms with Crippen molar-refractivity contribution in [2.45, 2.75) is 51.2 Å². The molecule has 2 aliphatic rings. The number of aryl methyl sites for hydroxylation is 1. The van der Waals surface area contributed by atoms with Gasteiger partial charge in [0.05, 0.1) is 17.9 Å². The zero-order valence-corrected chi connectivity index (χ0v) is 14.0. The molecule has 124 valence electrons. The van der Waals surface area contributed by atoms with Crippen molar-refractivity contribution in [1.82, 2.24) is 19.5 Å². The van der Waals surface area contributed by atoms with Crippen LogP contribution in [0.2, 0.25) is 0 Å². The number of hydrogen-bond donors (Lipinski definition) is 1. The molecule has 0 radical (unpaired) electrons. The van der Waals surface area contributed by atoms with Gasteiger partial charge in [-0.2, -0.15) is 9.40 Å². The minimum absolute atomic E-state index is 0.0952. The number of rotatable bonds is 5. The summed E-state index contributed by atoms with van der Waals surface area (Å²) >= 11 is 0. The number of methoxy groups -OCH3 is 1. The Morgan fingerprint density at radius 2 is 2.09 bits per heavy atom. The Morgan fingerprint density at radius 3 is 2.68 bits per heavy atom. The van der Waals surface area contributed by atoms with E-state index >= 15 is 0 Å². The molecule has 0 spiro atoms. The van der Waals surface area contributed by atoms with Gasteiger partial charge in [0.2, 0.25) is 10.0 Å². The van der Waals surface area contributed by atoms with Crippen molar-refractivity contribution in [2.75, 3.05) is 19.4 Å². The van der Waals surface area contributed by atoms with E-state index in [1.807, 2.05) is 6.92 Å². The second-order valence-corrected chi connectivity index (χ2v) is 8.35. The Hall–Kier alpha value is -0.990. The Morgan fingerprint density at radius 1 is 1.36 bits per heavy atom. The van der Waals surface area contributed by atoms with Crippen LogP contribution in [0, 0.1) is 12.8 Å². The van der Waals surface area contributed by atoms with Crippen LogP contribution >= 0.6 is 0 Å². The van der Waals surface area contributed by atoms with Crippen molar-refractivity contribution in [3.05, 3.63) is 11.6 Å². The first kappa shape index (κ1) is 15.9. The third-order valence-electron chi connectivity index (χ3n) is 4.74. The summed E-state index contributed by atoms with van der Waals surface area (Å²) in [5.74, 6) is 1.78. The van der Waals surface area contributed by atoms with Gasteiger partial charge in [0.25, 0.3) is 0 Å². The minimum atomic E-state index is -3.32. The van der Waals surface area contributed by atoms with Crippen molar-refractivity contribution in [2.24, 2.45) is 5.92 Å². The van der Waals surface area contributed by atoms with Gasteiger partial charge in [-0.3, -0.25) is 5.10 Å². The largest absolute Gasteiger partial charge is 0.380 e. The fourth-order valence-corrected chi connectivity index (χ4v) is 5.64. The van der Waals surface area contributed by atoms with Gasteiger partial charge in [0.15, 0.2) is 5.82 Å². The number of nitrogens with zero attached hydrogens (tertiary/aromatic N) is 3. The van der Waals surface area contributed by atoms with E-state index in [0.717, 1.165) is 25.7 Å². The van der Waals surface area contributed by atoms with E-state index in [1.54, 1.807) is 11.4 Å². The Bertz CT molecular complexity index is 609. The van der Waals surface area contributed by atoms with Crippen molar-refractivity contribution in [1.29, 1.82) is 0 Å². The number of sulfonamides is 1. The topological polar surface area (TPSA) is 88.2 Å². The van der Waals surface area contributed by atoms with Crippen LogP contribution < -0.4 is 0 Å². The number of H-pyrrole nitrogens is 1. The lowest BCUT2D eigenvalue weighted by atomic mass is 10.1. The van der Waals surface area contributed by atoms with Crippen molar-refractivity contribution >= 4 is 10.0 Å². The molecule has 3 rings (SSSR count). The molecule has 0 bridgehead atoms. The number of ether oxygens (including phenoxy) is 1. The van der Waals surface area contributed by atoms with Crippen LogP contribution in [0.4, 0.5) is 0 Å². The molecule has 1 aromatic rings. The molecule has 1 aromatic heterocycles. The lowest BCUT2D eigenvalue weighted by Gasteiger charge is -2.23. The SMILES string of the molecule is CO[C@@H]1C[C@@H](c2n[nH]c(C)n2)N(S(=O)(=O)CC2CCCC2)C1. The molecular formula is C14H24N4O3S. The van der Waals surface area contributed by atoms with Gasteiger partial charge < -0.3 is 4.74 Å². The summed E-state index contributed by atoms with van der Waals surface area (Å²) in [5, 5.41) is 6.96. The maximum atomic E-state index is 12.8. The predicted molar refractivity (Wildman–Crippen MR) is 81.7 cm³/mol. The van der Waals surface area contributed by atoms with Gasteiger partial charge >= 0.3 is 0 Å². The second kappa shape index (κ2) is 6.25. The molecule has 7 nitrogen and oxygen atoms in total. The average Bonchev–Trinajstić information content (AvgIpc) is 3.17. The van der Waals surface area contributed by atoms with Crippen LogP contribution in [0.3, 0.4) is 0 Å². The van der Waals surface area contributed by atoms with Crippen LogP contribution in [0.25, 0.3) is 0 Å². The highest BCUT2D eigenvalue weighted by atomic mass is 32.2. The molecule has 1 saturated heterocycles. The maximum absolute atomic E-state index is 12.8. The van der Waals surface area contributed by atoms with Crippen molar-refractivity contribution < 1.29 is 13.2 Å². The van der Waals surface area contributed by atoms with Gasteiger partial charge in [0, 0.05) is 13.7 Å². The number of aromatic amines is 1. The number of nitrogens with one attached hydrogen (secondary N) is 1. The molecule has 8 heteroatoms. The van der Waals surface area contributed by atoms with E-state index in [1.165, 1.54) is 0 Å². The van der Waals surface area contributed by atoms with Crippen LogP contribution in [0.5, 0.6) is 0 Å². The summed E-state index contributed by atoms with van der Waals surface area (Å²) in [6.07, 6.45) is 4.84. The fourth-order valence-electron chi connectivity index (χ4n) is 3.56. The van der Waals surface area contributed by atoms with Gasteiger partial charge in [-0.1, -0.05) is 12.8 Å². The first-order chi connectivity index (χ1) is 10.5. The Kier molecular flexibility index (Phi) is 4.52. The molecule has 1 aliphatic carbocycles. The molecule has 0 unspecified atom stereocenters. The highest BCUT2D eigenvalue weighted by molar-refractivity contribution is 7.89. The molecule has 22 heavy (non-hydrogen) atoms. The van der Waals surface area contributed by atoms with Crippen molar-refractivity contribution in [3.63, 3.8) is 0 Å². The lowest BCUT2D eigenvalue weighted by molar-refractivity contribution is 0.114. The first-order valence-corrected chi connectivity index (χ1v) is 9.51. The molecule has 2 fully saturated rings. The standard InChI is InChI=1S/C14H24N4O3S/c1-10-15-14(17-16-10)13-7-12(21-2)8-18(13)22(19,20)9-11-5-3-4-6-11/h11-13H,3-9H2,1-2H3,(H,15,16,17)/t12-,13+/m1/s1. The smallest absolute Gasteiger partial charge is 0.215 e.